The zero-order chi connectivity index (χ0) is 11.8. The Morgan fingerprint density at radius 3 is 2.82 bits per heavy atom. The van der Waals surface area contributed by atoms with E-state index in [9.17, 15) is 5.11 Å². The minimum atomic E-state index is 0.157. The molecule has 2 heterocycles. The van der Waals surface area contributed by atoms with Crippen LogP contribution in [0.2, 0.25) is 5.02 Å². The van der Waals surface area contributed by atoms with Crippen LogP contribution in [0.5, 0.6) is 5.75 Å². The third-order valence-electron chi connectivity index (χ3n) is 2.23. The summed E-state index contributed by atoms with van der Waals surface area (Å²) in [7, 11) is 0. The van der Waals surface area contributed by atoms with E-state index in [2.05, 4.69) is 15.0 Å². The molecule has 0 aliphatic heterocycles. The highest BCUT2D eigenvalue weighted by Crippen LogP contribution is 2.34. The van der Waals surface area contributed by atoms with Crippen molar-refractivity contribution in [2.45, 2.75) is 0 Å². The quantitative estimate of drug-likeness (QED) is 0.733. The zero-order valence-corrected chi connectivity index (χ0v) is 10.0. The first-order valence-corrected chi connectivity index (χ1v) is 6.00. The number of aromatic nitrogens is 3. The fraction of sp³-hybridized carbons (Fsp3) is 0. The molecule has 0 saturated heterocycles. The summed E-state index contributed by atoms with van der Waals surface area (Å²) >= 11 is 7.47. The Kier molecular flexibility index (Phi) is 2.42. The molecule has 84 valence electrons. The van der Waals surface area contributed by atoms with Crippen molar-refractivity contribution in [3.05, 3.63) is 35.6 Å². The van der Waals surface area contributed by atoms with Crippen molar-refractivity contribution in [1.82, 2.24) is 15.0 Å². The van der Waals surface area contributed by atoms with Gasteiger partial charge < -0.3 is 5.11 Å². The van der Waals surface area contributed by atoms with Crippen LogP contribution >= 0.6 is 22.9 Å². The van der Waals surface area contributed by atoms with Crippen molar-refractivity contribution in [1.29, 1.82) is 0 Å². The molecular formula is C11H6ClN3OS. The summed E-state index contributed by atoms with van der Waals surface area (Å²) in [4.78, 5) is 13.4. The van der Waals surface area contributed by atoms with Crippen molar-refractivity contribution >= 4 is 33.4 Å². The number of benzene rings is 1. The van der Waals surface area contributed by atoms with Crippen molar-refractivity contribution in [3.63, 3.8) is 0 Å². The second kappa shape index (κ2) is 3.94. The van der Waals surface area contributed by atoms with Crippen molar-refractivity contribution in [2.75, 3.05) is 0 Å². The molecule has 1 N–H and O–H groups in total. The third-order valence-corrected chi connectivity index (χ3v) is 3.54. The number of fused-ring (bicyclic) bond motifs is 1. The van der Waals surface area contributed by atoms with Gasteiger partial charge in [0.1, 0.15) is 10.8 Å². The smallest absolute Gasteiger partial charge is 0.190 e. The van der Waals surface area contributed by atoms with E-state index in [1.54, 1.807) is 24.5 Å². The van der Waals surface area contributed by atoms with E-state index >= 15 is 0 Å². The molecule has 0 saturated carbocycles. The number of rotatable bonds is 1. The number of hydrogen-bond acceptors (Lipinski definition) is 5. The lowest BCUT2D eigenvalue weighted by molar-refractivity contribution is 0.475. The average molecular weight is 264 g/mol. The molecule has 0 spiro atoms. The molecule has 0 aliphatic carbocycles. The number of phenolic OH excluding ortho intramolecular Hbond substituents is 1. The maximum Gasteiger partial charge on any atom is 0.190 e. The monoisotopic (exact) mass is 263 g/mol. The summed E-state index contributed by atoms with van der Waals surface area (Å²) in [5.74, 6) is 0.157. The van der Waals surface area contributed by atoms with E-state index < -0.39 is 0 Å². The van der Waals surface area contributed by atoms with E-state index in [0.717, 1.165) is 4.83 Å². The number of aromatic hydroxyl groups is 1. The minimum Gasteiger partial charge on any atom is -0.508 e. The fourth-order valence-corrected chi connectivity index (χ4v) is 2.63. The van der Waals surface area contributed by atoms with Crippen LogP contribution in [0.3, 0.4) is 0 Å². The summed E-state index contributed by atoms with van der Waals surface area (Å²) < 4.78 is 0. The van der Waals surface area contributed by atoms with Crippen molar-refractivity contribution in [2.24, 2.45) is 0 Å². The molecule has 3 rings (SSSR count). The molecule has 0 radical (unpaired) electrons. The normalized spacial score (nSPS) is 10.9. The molecule has 0 aliphatic rings. The van der Waals surface area contributed by atoms with Gasteiger partial charge in [-0.1, -0.05) is 22.9 Å². The molecule has 0 fully saturated rings. The first kappa shape index (κ1) is 10.4. The molecule has 0 atom stereocenters. The Hall–Kier alpha value is -1.72. The predicted molar refractivity (Wildman–Crippen MR) is 67.3 cm³/mol. The minimum absolute atomic E-state index is 0.157. The number of thiazole rings is 1. The standard InChI is InChI=1S/C11H6ClN3OS/c12-8-2-1-6(16)5-7(8)10-15-9-11(17-10)14-4-3-13-9/h1-5,16H. The van der Waals surface area contributed by atoms with Gasteiger partial charge in [0.2, 0.25) is 0 Å². The number of halogens is 1. The Balaban J connectivity index is 2.23. The van der Waals surface area contributed by atoms with Gasteiger partial charge in [0.05, 0.1) is 5.02 Å². The summed E-state index contributed by atoms with van der Waals surface area (Å²) in [5, 5.41) is 10.7. The van der Waals surface area contributed by atoms with E-state index in [1.807, 2.05) is 0 Å². The fourth-order valence-electron chi connectivity index (χ4n) is 1.47. The maximum absolute atomic E-state index is 9.46. The van der Waals surface area contributed by atoms with Crippen LogP contribution in [0.1, 0.15) is 0 Å². The third kappa shape index (κ3) is 1.83. The van der Waals surface area contributed by atoms with E-state index in [4.69, 9.17) is 11.6 Å². The van der Waals surface area contributed by atoms with Crippen LogP contribution in [-0.2, 0) is 0 Å². The molecule has 6 heteroatoms. The van der Waals surface area contributed by atoms with E-state index in [0.29, 0.717) is 21.2 Å². The first-order valence-electron chi connectivity index (χ1n) is 4.80. The Bertz CT molecular complexity index is 665. The number of phenols is 1. The topological polar surface area (TPSA) is 58.9 Å². The van der Waals surface area contributed by atoms with Gasteiger partial charge in [0.25, 0.3) is 0 Å². The largest absolute Gasteiger partial charge is 0.508 e. The second-order valence-electron chi connectivity index (χ2n) is 3.37. The predicted octanol–water partition coefficient (Wildman–Crippen LogP) is 3.11. The van der Waals surface area contributed by atoms with Gasteiger partial charge in [-0.2, -0.15) is 0 Å². The molecule has 4 nitrogen and oxygen atoms in total. The van der Waals surface area contributed by atoms with Crippen molar-refractivity contribution < 1.29 is 5.11 Å². The Morgan fingerprint density at radius 2 is 2.00 bits per heavy atom. The van der Waals surface area contributed by atoms with Gasteiger partial charge in [-0.15, -0.1) is 0 Å². The van der Waals surface area contributed by atoms with E-state index in [1.165, 1.54) is 17.4 Å². The average Bonchev–Trinajstić information content (AvgIpc) is 2.75. The molecule has 0 amide bonds. The highest BCUT2D eigenvalue weighted by molar-refractivity contribution is 7.21. The second-order valence-corrected chi connectivity index (χ2v) is 4.75. The molecule has 0 unspecified atom stereocenters. The van der Waals surface area contributed by atoms with E-state index in [-0.39, 0.29) is 5.75 Å². The lowest BCUT2D eigenvalue weighted by Crippen LogP contribution is -1.79. The van der Waals surface area contributed by atoms with Crippen LogP contribution in [0.15, 0.2) is 30.6 Å². The van der Waals surface area contributed by atoms with Gasteiger partial charge in [-0.3, -0.25) is 0 Å². The lowest BCUT2D eigenvalue weighted by Gasteiger charge is -2.00. The number of hydrogen-bond donors (Lipinski definition) is 1. The van der Waals surface area contributed by atoms with Gasteiger partial charge in [0, 0.05) is 18.0 Å². The van der Waals surface area contributed by atoms with Gasteiger partial charge in [-0.25, -0.2) is 15.0 Å². The highest BCUT2D eigenvalue weighted by Gasteiger charge is 2.11. The molecule has 0 bridgehead atoms. The summed E-state index contributed by atoms with van der Waals surface area (Å²) in [6.45, 7) is 0. The summed E-state index contributed by atoms with van der Waals surface area (Å²) in [6, 6.07) is 4.76. The zero-order valence-electron chi connectivity index (χ0n) is 8.46. The van der Waals surface area contributed by atoms with Gasteiger partial charge in [-0.05, 0) is 18.2 Å². The van der Waals surface area contributed by atoms with Crippen LogP contribution in [0.4, 0.5) is 0 Å². The SMILES string of the molecule is Oc1ccc(Cl)c(-c2nc3nccnc3s2)c1. The Labute approximate surface area is 106 Å². The highest BCUT2D eigenvalue weighted by atomic mass is 35.5. The van der Waals surface area contributed by atoms with Crippen LogP contribution in [0, 0.1) is 0 Å². The maximum atomic E-state index is 9.46. The van der Waals surface area contributed by atoms with Crippen LogP contribution in [0.25, 0.3) is 21.0 Å². The molecular weight excluding hydrogens is 258 g/mol. The van der Waals surface area contributed by atoms with Gasteiger partial charge in [0.15, 0.2) is 10.5 Å². The number of nitrogens with zero attached hydrogens (tertiary/aromatic N) is 3. The van der Waals surface area contributed by atoms with Crippen molar-refractivity contribution in [3.8, 4) is 16.3 Å². The Morgan fingerprint density at radius 1 is 1.18 bits per heavy atom. The lowest BCUT2D eigenvalue weighted by atomic mass is 10.2. The molecule has 17 heavy (non-hydrogen) atoms. The summed E-state index contributed by atoms with van der Waals surface area (Å²) in [5.41, 5.74) is 1.28. The first-order chi connectivity index (χ1) is 8.24. The van der Waals surface area contributed by atoms with Crippen LogP contribution < -0.4 is 0 Å². The molecule has 1 aromatic carbocycles. The van der Waals surface area contributed by atoms with Crippen LogP contribution in [-0.4, -0.2) is 20.1 Å². The van der Waals surface area contributed by atoms with Gasteiger partial charge >= 0.3 is 0 Å². The molecule has 3 aromatic rings. The molecule has 2 aromatic heterocycles. The summed E-state index contributed by atoms with van der Waals surface area (Å²) in [6.07, 6.45) is 3.21.